The number of carbonyl (C=O) groups is 1. The molecule has 2 atom stereocenters. The molecule has 4 heteroatoms. The number of amides is 1. The van der Waals surface area contributed by atoms with Crippen LogP contribution in [-0.2, 0) is 11.2 Å². The summed E-state index contributed by atoms with van der Waals surface area (Å²) in [5, 5.41) is 1.28. The summed E-state index contributed by atoms with van der Waals surface area (Å²) in [7, 11) is 0. The lowest BCUT2D eigenvalue weighted by molar-refractivity contribution is -0.133. The number of hydrogen-bond acceptors (Lipinski definition) is 1. The van der Waals surface area contributed by atoms with E-state index in [1.54, 1.807) is 0 Å². The Bertz CT molecular complexity index is 697. The van der Waals surface area contributed by atoms with Crippen LogP contribution in [0.1, 0.15) is 36.9 Å². The Morgan fingerprint density at radius 3 is 2.38 bits per heavy atom. The summed E-state index contributed by atoms with van der Waals surface area (Å²) in [4.78, 5) is 15.0. The number of likely N-dealkylation sites (tertiary alicyclic amines) is 1. The molecule has 1 amide bonds. The summed E-state index contributed by atoms with van der Waals surface area (Å²) in [6.45, 7) is 2.92. The fourth-order valence-electron chi connectivity index (χ4n) is 3.55. The number of halogens is 2. The molecule has 0 unspecified atom stereocenters. The molecule has 3 rings (SSSR count). The van der Waals surface area contributed by atoms with Crippen LogP contribution in [0.4, 0.5) is 0 Å². The molecular formula is C20H21Cl2NO. The largest absolute Gasteiger partial charge is 0.335 e. The van der Waals surface area contributed by atoms with Gasteiger partial charge in [-0.2, -0.15) is 0 Å². The second-order valence-electron chi connectivity index (χ2n) is 6.26. The number of hydrogen-bond donors (Lipinski definition) is 0. The van der Waals surface area contributed by atoms with Gasteiger partial charge in [-0.3, -0.25) is 4.79 Å². The van der Waals surface area contributed by atoms with E-state index in [1.165, 1.54) is 5.56 Å². The molecule has 0 spiro atoms. The lowest BCUT2D eigenvalue weighted by Crippen LogP contribution is -2.32. The molecule has 1 heterocycles. The van der Waals surface area contributed by atoms with Gasteiger partial charge >= 0.3 is 0 Å². The van der Waals surface area contributed by atoms with Crippen molar-refractivity contribution in [3.05, 3.63) is 69.7 Å². The maximum Gasteiger partial charge on any atom is 0.226 e. The Morgan fingerprint density at radius 2 is 1.75 bits per heavy atom. The summed E-state index contributed by atoms with van der Waals surface area (Å²) in [5.74, 6) is 0.168. The SMILES string of the molecule is CC[C@@H](c1ccccc1)N1CC[C@H](Cc2c(Cl)cccc2Cl)C1=O. The van der Waals surface area contributed by atoms with Crippen LogP contribution in [0.25, 0.3) is 0 Å². The summed E-state index contributed by atoms with van der Waals surface area (Å²) in [6, 6.07) is 15.9. The van der Waals surface area contributed by atoms with E-state index >= 15 is 0 Å². The summed E-state index contributed by atoms with van der Waals surface area (Å²) in [5.41, 5.74) is 2.08. The Labute approximate surface area is 153 Å². The van der Waals surface area contributed by atoms with Gasteiger partial charge in [0.2, 0.25) is 5.91 Å². The Hall–Kier alpha value is -1.51. The molecule has 1 aliphatic rings. The monoisotopic (exact) mass is 361 g/mol. The molecular weight excluding hydrogens is 341 g/mol. The van der Waals surface area contributed by atoms with Crippen molar-refractivity contribution in [1.82, 2.24) is 4.90 Å². The Morgan fingerprint density at radius 1 is 1.08 bits per heavy atom. The summed E-state index contributed by atoms with van der Waals surface area (Å²) in [6.07, 6.45) is 2.37. The Kier molecular flexibility index (Phi) is 5.47. The molecule has 0 N–H and O–H groups in total. The van der Waals surface area contributed by atoms with E-state index in [2.05, 4.69) is 19.1 Å². The summed E-state index contributed by atoms with van der Waals surface area (Å²) < 4.78 is 0. The molecule has 1 aliphatic heterocycles. The van der Waals surface area contributed by atoms with Gasteiger partial charge in [0.05, 0.1) is 6.04 Å². The molecule has 0 radical (unpaired) electrons. The smallest absolute Gasteiger partial charge is 0.226 e. The third-order valence-corrected chi connectivity index (χ3v) is 5.52. The molecule has 2 aromatic rings. The molecule has 0 aliphatic carbocycles. The first-order valence-corrected chi connectivity index (χ1v) is 9.15. The first kappa shape index (κ1) is 17.3. The molecule has 2 nitrogen and oxygen atoms in total. The predicted octanol–water partition coefficient (Wildman–Crippen LogP) is 5.54. The van der Waals surface area contributed by atoms with E-state index in [0.717, 1.165) is 24.9 Å². The van der Waals surface area contributed by atoms with Gasteiger partial charge < -0.3 is 4.90 Å². The fraction of sp³-hybridized carbons (Fsp3) is 0.350. The van der Waals surface area contributed by atoms with Crippen LogP contribution in [-0.4, -0.2) is 17.4 Å². The van der Waals surface area contributed by atoms with Crippen molar-refractivity contribution in [3.8, 4) is 0 Å². The van der Waals surface area contributed by atoms with Gasteiger partial charge in [0, 0.05) is 22.5 Å². The highest BCUT2D eigenvalue weighted by atomic mass is 35.5. The molecule has 0 aromatic heterocycles. The van der Waals surface area contributed by atoms with Gasteiger partial charge in [0.25, 0.3) is 0 Å². The normalized spacial score (nSPS) is 18.9. The lowest BCUT2D eigenvalue weighted by Gasteiger charge is -2.28. The number of carbonyl (C=O) groups excluding carboxylic acids is 1. The van der Waals surface area contributed by atoms with Gasteiger partial charge in [-0.15, -0.1) is 0 Å². The molecule has 24 heavy (non-hydrogen) atoms. The van der Waals surface area contributed by atoms with Gasteiger partial charge in [-0.05, 0) is 42.5 Å². The maximum absolute atomic E-state index is 12.9. The molecule has 0 saturated carbocycles. The molecule has 1 fully saturated rings. The maximum atomic E-state index is 12.9. The first-order valence-electron chi connectivity index (χ1n) is 8.40. The molecule has 1 saturated heterocycles. The van der Waals surface area contributed by atoms with Crippen molar-refractivity contribution in [3.63, 3.8) is 0 Å². The van der Waals surface area contributed by atoms with E-state index in [0.29, 0.717) is 16.5 Å². The lowest BCUT2D eigenvalue weighted by atomic mass is 9.97. The van der Waals surface area contributed by atoms with Gasteiger partial charge in [0.15, 0.2) is 0 Å². The highest BCUT2D eigenvalue weighted by Crippen LogP contribution is 2.35. The zero-order chi connectivity index (χ0) is 17.1. The van der Waals surface area contributed by atoms with Crippen LogP contribution in [0.3, 0.4) is 0 Å². The zero-order valence-corrected chi connectivity index (χ0v) is 15.2. The van der Waals surface area contributed by atoms with Crippen LogP contribution in [0, 0.1) is 5.92 Å². The second-order valence-corrected chi connectivity index (χ2v) is 7.07. The van der Waals surface area contributed by atoms with Crippen LogP contribution in [0.15, 0.2) is 48.5 Å². The average Bonchev–Trinajstić information content (AvgIpc) is 2.94. The van der Waals surface area contributed by atoms with Crippen molar-refractivity contribution in [2.24, 2.45) is 5.92 Å². The minimum absolute atomic E-state index is 0.0415. The minimum atomic E-state index is -0.0415. The number of nitrogens with zero attached hydrogens (tertiary/aromatic N) is 1. The zero-order valence-electron chi connectivity index (χ0n) is 13.7. The van der Waals surface area contributed by atoms with E-state index in [-0.39, 0.29) is 17.9 Å². The first-order chi connectivity index (χ1) is 11.6. The third kappa shape index (κ3) is 3.45. The second kappa shape index (κ2) is 7.58. The van der Waals surface area contributed by atoms with E-state index in [4.69, 9.17) is 23.2 Å². The molecule has 0 bridgehead atoms. The van der Waals surface area contributed by atoms with Crippen LogP contribution in [0.5, 0.6) is 0 Å². The fourth-order valence-corrected chi connectivity index (χ4v) is 4.10. The molecule has 126 valence electrons. The van der Waals surface area contributed by atoms with Crippen molar-refractivity contribution in [2.45, 2.75) is 32.2 Å². The standard InChI is InChI=1S/C20H21Cl2NO/c1-2-19(14-7-4-3-5-8-14)23-12-11-15(20(23)24)13-16-17(21)9-6-10-18(16)22/h3-10,15,19H,2,11-13H2,1H3/t15-,19+/m1/s1. The van der Waals surface area contributed by atoms with Gasteiger partial charge in [-0.25, -0.2) is 0 Å². The highest BCUT2D eigenvalue weighted by Gasteiger charge is 2.36. The van der Waals surface area contributed by atoms with E-state index in [1.807, 2.05) is 41.3 Å². The van der Waals surface area contributed by atoms with Gasteiger partial charge in [0.1, 0.15) is 0 Å². The van der Waals surface area contributed by atoms with Gasteiger partial charge in [-0.1, -0.05) is 66.5 Å². The quantitative estimate of drug-likeness (QED) is 0.684. The van der Waals surface area contributed by atoms with E-state index < -0.39 is 0 Å². The topological polar surface area (TPSA) is 20.3 Å². The van der Waals surface area contributed by atoms with Crippen molar-refractivity contribution >= 4 is 29.1 Å². The van der Waals surface area contributed by atoms with Crippen LogP contribution < -0.4 is 0 Å². The van der Waals surface area contributed by atoms with Crippen molar-refractivity contribution in [1.29, 1.82) is 0 Å². The van der Waals surface area contributed by atoms with Crippen molar-refractivity contribution < 1.29 is 4.79 Å². The number of benzene rings is 2. The van der Waals surface area contributed by atoms with Crippen LogP contribution >= 0.6 is 23.2 Å². The van der Waals surface area contributed by atoms with E-state index in [9.17, 15) is 4.79 Å². The number of rotatable bonds is 5. The Balaban J connectivity index is 1.77. The predicted molar refractivity (Wildman–Crippen MR) is 99.5 cm³/mol. The van der Waals surface area contributed by atoms with Crippen LogP contribution in [0.2, 0.25) is 10.0 Å². The molecule has 2 aromatic carbocycles. The third-order valence-electron chi connectivity index (χ3n) is 4.81. The highest BCUT2D eigenvalue weighted by molar-refractivity contribution is 6.36. The summed E-state index contributed by atoms with van der Waals surface area (Å²) >= 11 is 12.5. The van der Waals surface area contributed by atoms with Crippen molar-refractivity contribution in [2.75, 3.05) is 6.54 Å². The minimum Gasteiger partial charge on any atom is -0.335 e. The average molecular weight is 362 g/mol.